The van der Waals surface area contributed by atoms with Crippen LogP contribution in [0.15, 0.2) is 0 Å². The van der Waals surface area contributed by atoms with Crippen molar-refractivity contribution in [2.45, 2.75) is 54.4 Å². The summed E-state index contributed by atoms with van der Waals surface area (Å²) in [5.74, 6) is 0.954. The minimum Gasteiger partial charge on any atom is -0.303 e. The molecular weight excluding hydrogens is 158 g/mol. The van der Waals surface area contributed by atoms with E-state index < -0.39 is 0 Å². The average Bonchev–Trinajstić information content (AvgIpc) is 2.56. The fourth-order valence-corrected chi connectivity index (χ4v) is 1.31. The Morgan fingerprint density at radius 2 is 1.62 bits per heavy atom. The summed E-state index contributed by atoms with van der Waals surface area (Å²) >= 11 is 0. The van der Waals surface area contributed by atoms with E-state index in [-0.39, 0.29) is 0 Å². The SMILES string of the molecule is CC.CCC.CCN1CCC(C)C1. The van der Waals surface area contributed by atoms with E-state index in [2.05, 4.69) is 32.6 Å². The standard InChI is InChI=1S/C7H15N.C3H8.C2H6/c1-3-8-5-4-7(2)6-8;1-3-2;1-2/h7H,3-6H2,1-2H3;3H2,1-2H3;1-2H3. The second-order valence-corrected chi connectivity index (χ2v) is 3.49. The van der Waals surface area contributed by atoms with E-state index in [1.54, 1.807) is 0 Å². The third-order valence-electron chi connectivity index (χ3n) is 1.96. The molecule has 0 radical (unpaired) electrons. The smallest absolute Gasteiger partial charge is 0.000738 e. The molecule has 1 saturated heterocycles. The molecule has 13 heavy (non-hydrogen) atoms. The summed E-state index contributed by atoms with van der Waals surface area (Å²) in [6.07, 6.45) is 2.66. The maximum Gasteiger partial charge on any atom is 0.000738 e. The van der Waals surface area contributed by atoms with Crippen molar-refractivity contribution in [3.63, 3.8) is 0 Å². The van der Waals surface area contributed by atoms with Crippen LogP contribution in [0.4, 0.5) is 0 Å². The monoisotopic (exact) mass is 187 g/mol. The van der Waals surface area contributed by atoms with Gasteiger partial charge in [0.25, 0.3) is 0 Å². The van der Waals surface area contributed by atoms with Gasteiger partial charge in [0.2, 0.25) is 0 Å². The first-order chi connectivity index (χ1) is 6.24. The summed E-state index contributed by atoms with van der Waals surface area (Å²) in [6.45, 7) is 16.7. The second kappa shape index (κ2) is 12.0. The van der Waals surface area contributed by atoms with Crippen molar-refractivity contribution in [2.75, 3.05) is 19.6 Å². The molecule has 0 aromatic carbocycles. The highest BCUT2D eigenvalue weighted by Gasteiger charge is 2.15. The van der Waals surface area contributed by atoms with Crippen LogP contribution in [0.3, 0.4) is 0 Å². The number of hydrogen-bond donors (Lipinski definition) is 0. The number of hydrogen-bond acceptors (Lipinski definition) is 1. The zero-order valence-electron chi connectivity index (χ0n) is 10.6. The van der Waals surface area contributed by atoms with Crippen LogP contribution < -0.4 is 0 Å². The molecule has 1 nitrogen and oxygen atoms in total. The normalized spacial score (nSPS) is 21.2. The van der Waals surface area contributed by atoms with Gasteiger partial charge >= 0.3 is 0 Å². The molecule has 1 heteroatoms. The minimum atomic E-state index is 0.954. The molecule has 0 N–H and O–H groups in total. The lowest BCUT2D eigenvalue weighted by molar-refractivity contribution is 0.346. The van der Waals surface area contributed by atoms with Gasteiger partial charge in [-0.15, -0.1) is 0 Å². The zero-order valence-corrected chi connectivity index (χ0v) is 10.6. The van der Waals surface area contributed by atoms with Crippen molar-refractivity contribution in [3.05, 3.63) is 0 Å². The predicted octanol–water partition coefficient (Wildman–Crippen LogP) is 3.79. The fraction of sp³-hybridized carbons (Fsp3) is 1.00. The Morgan fingerprint density at radius 1 is 1.15 bits per heavy atom. The van der Waals surface area contributed by atoms with Crippen molar-refractivity contribution in [3.8, 4) is 0 Å². The van der Waals surface area contributed by atoms with E-state index in [1.165, 1.54) is 32.5 Å². The lowest BCUT2D eigenvalue weighted by Crippen LogP contribution is -2.18. The van der Waals surface area contributed by atoms with Gasteiger partial charge in [-0.2, -0.15) is 0 Å². The Kier molecular flexibility index (Phi) is 14.2. The van der Waals surface area contributed by atoms with Crippen LogP contribution in [0.5, 0.6) is 0 Å². The first kappa shape index (κ1) is 15.4. The van der Waals surface area contributed by atoms with Gasteiger partial charge in [0.15, 0.2) is 0 Å². The van der Waals surface area contributed by atoms with Crippen molar-refractivity contribution >= 4 is 0 Å². The maximum atomic E-state index is 2.50. The molecule has 0 saturated carbocycles. The molecule has 1 atom stereocenters. The van der Waals surface area contributed by atoms with E-state index in [1.807, 2.05) is 13.8 Å². The molecule has 1 heterocycles. The second-order valence-electron chi connectivity index (χ2n) is 3.49. The lowest BCUT2D eigenvalue weighted by atomic mass is 10.2. The van der Waals surface area contributed by atoms with Gasteiger partial charge in [-0.25, -0.2) is 0 Å². The summed E-state index contributed by atoms with van der Waals surface area (Å²) in [5, 5.41) is 0. The van der Waals surface area contributed by atoms with Gasteiger partial charge in [0.1, 0.15) is 0 Å². The number of rotatable bonds is 1. The van der Waals surface area contributed by atoms with Crippen LogP contribution in [0.25, 0.3) is 0 Å². The highest BCUT2D eigenvalue weighted by atomic mass is 15.1. The van der Waals surface area contributed by atoms with E-state index in [0.29, 0.717) is 0 Å². The first-order valence-corrected chi connectivity index (χ1v) is 5.96. The van der Waals surface area contributed by atoms with Crippen LogP contribution in [0, 0.1) is 5.92 Å². The van der Waals surface area contributed by atoms with Gasteiger partial charge in [-0.3, -0.25) is 0 Å². The molecule has 0 bridgehead atoms. The molecular formula is C12H29N. The van der Waals surface area contributed by atoms with Gasteiger partial charge < -0.3 is 4.90 Å². The Bertz CT molecular complexity index is 81.2. The van der Waals surface area contributed by atoms with Crippen LogP contribution in [-0.4, -0.2) is 24.5 Å². The van der Waals surface area contributed by atoms with Gasteiger partial charge in [0, 0.05) is 6.54 Å². The third kappa shape index (κ3) is 9.88. The van der Waals surface area contributed by atoms with Crippen molar-refractivity contribution < 1.29 is 0 Å². The quantitative estimate of drug-likeness (QED) is 0.603. The highest BCUT2D eigenvalue weighted by Crippen LogP contribution is 2.13. The Balaban J connectivity index is 0. The molecule has 0 aromatic rings. The van der Waals surface area contributed by atoms with E-state index in [9.17, 15) is 0 Å². The van der Waals surface area contributed by atoms with Crippen LogP contribution in [-0.2, 0) is 0 Å². The molecule has 82 valence electrons. The summed E-state index contributed by atoms with van der Waals surface area (Å²) < 4.78 is 0. The summed E-state index contributed by atoms with van der Waals surface area (Å²) in [6, 6.07) is 0. The molecule has 1 fully saturated rings. The number of likely N-dealkylation sites (tertiary alicyclic amines) is 1. The van der Waals surface area contributed by atoms with Gasteiger partial charge in [0.05, 0.1) is 0 Å². The average molecular weight is 187 g/mol. The van der Waals surface area contributed by atoms with Crippen LogP contribution in [0.2, 0.25) is 0 Å². The van der Waals surface area contributed by atoms with Crippen molar-refractivity contribution in [1.82, 2.24) is 4.90 Å². The topological polar surface area (TPSA) is 3.24 Å². The molecule has 0 aromatic heterocycles. The van der Waals surface area contributed by atoms with Gasteiger partial charge in [-0.1, -0.05) is 48.0 Å². The maximum absolute atomic E-state index is 2.50. The summed E-state index contributed by atoms with van der Waals surface area (Å²) in [7, 11) is 0. The third-order valence-corrected chi connectivity index (χ3v) is 1.96. The minimum absolute atomic E-state index is 0.954. The zero-order chi connectivity index (χ0) is 10.7. The molecule has 1 rings (SSSR count). The number of nitrogens with zero attached hydrogens (tertiary/aromatic N) is 1. The molecule has 0 spiro atoms. The molecule has 0 aliphatic carbocycles. The van der Waals surface area contributed by atoms with Crippen LogP contribution >= 0.6 is 0 Å². The van der Waals surface area contributed by atoms with E-state index in [0.717, 1.165) is 5.92 Å². The van der Waals surface area contributed by atoms with Crippen molar-refractivity contribution in [1.29, 1.82) is 0 Å². The molecule has 1 aliphatic rings. The molecule has 0 amide bonds. The van der Waals surface area contributed by atoms with Gasteiger partial charge in [-0.05, 0) is 25.4 Å². The van der Waals surface area contributed by atoms with E-state index >= 15 is 0 Å². The van der Waals surface area contributed by atoms with Crippen molar-refractivity contribution in [2.24, 2.45) is 5.92 Å². The fourth-order valence-electron chi connectivity index (χ4n) is 1.31. The predicted molar refractivity (Wildman–Crippen MR) is 63.2 cm³/mol. The first-order valence-electron chi connectivity index (χ1n) is 5.96. The van der Waals surface area contributed by atoms with E-state index in [4.69, 9.17) is 0 Å². The van der Waals surface area contributed by atoms with Crippen LogP contribution in [0.1, 0.15) is 54.4 Å². The highest BCUT2D eigenvalue weighted by molar-refractivity contribution is 4.70. The lowest BCUT2D eigenvalue weighted by Gasteiger charge is -2.09. The summed E-state index contributed by atoms with van der Waals surface area (Å²) in [4.78, 5) is 2.50. The molecule has 1 unspecified atom stereocenters. The largest absolute Gasteiger partial charge is 0.303 e. The summed E-state index contributed by atoms with van der Waals surface area (Å²) in [5.41, 5.74) is 0. The Hall–Kier alpha value is -0.0400. The Labute approximate surface area is 85.5 Å². The Morgan fingerprint density at radius 3 is 1.77 bits per heavy atom. The molecule has 1 aliphatic heterocycles.